The average Bonchev–Trinajstić information content (AvgIpc) is 3.10. The first-order valence-electron chi connectivity index (χ1n) is 10.9. The van der Waals surface area contributed by atoms with Gasteiger partial charge in [0, 0.05) is 22.6 Å². The number of anilines is 2. The van der Waals surface area contributed by atoms with E-state index in [-0.39, 0.29) is 17.1 Å². The van der Waals surface area contributed by atoms with Crippen LogP contribution in [0.15, 0.2) is 71.6 Å². The molecule has 0 saturated heterocycles. The van der Waals surface area contributed by atoms with Gasteiger partial charge in [-0.1, -0.05) is 12.1 Å². The highest BCUT2D eigenvalue weighted by Crippen LogP contribution is 2.35. The van der Waals surface area contributed by atoms with Gasteiger partial charge in [-0.2, -0.15) is 0 Å². The topological polar surface area (TPSA) is 85.9 Å². The van der Waals surface area contributed by atoms with Crippen LogP contribution in [0, 0.1) is 0 Å². The second-order valence-electron chi connectivity index (χ2n) is 7.64. The van der Waals surface area contributed by atoms with Crippen molar-refractivity contribution in [3.63, 3.8) is 0 Å². The quantitative estimate of drug-likeness (QED) is 0.453. The van der Waals surface area contributed by atoms with E-state index in [1.54, 1.807) is 43.5 Å². The van der Waals surface area contributed by atoms with E-state index in [9.17, 15) is 9.59 Å². The molecule has 1 aliphatic heterocycles. The molecule has 1 heterocycles. The number of fused-ring (bicyclic) bond motifs is 1. The lowest BCUT2D eigenvalue weighted by Crippen LogP contribution is -2.22. The largest absolute Gasteiger partial charge is 0.495 e. The van der Waals surface area contributed by atoms with Crippen molar-refractivity contribution in [2.45, 2.75) is 23.5 Å². The van der Waals surface area contributed by atoms with E-state index in [0.717, 1.165) is 17.1 Å². The second kappa shape index (κ2) is 11.0. The maximum atomic E-state index is 12.7. The van der Waals surface area contributed by atoms with E-state index in [0.29, 0.717) is 41.7 Å². The second-order valence-corrected chi connectivity index (χ2v) is 9.05. The third kappa shape index (κ3) is 5.82. The van der Waals surface area contributed by atoms with Crippen LogP contribution in [0.5, 0.6) is 17.2 Å². The summed E-state index contributed by atoms with van der Waals surface area (Å²) in [6.07, 6.45) is 0.844. The fourth-order valence-electron chi connectivity index (χ4n) is 3.37. The summed E-state index contributed by atoms with van der Waals surface area (Å²) in [6, 6.07) is 19.7. The highest BCUT2D eigenvalue weighted by molar-refractivity contribution is 8.00. The zero-order valence-corrected chi connectivity index (χ0v) is 19.8. The van der Waals surface area contributed by atoms with Gasteiger partial charge < -0.3 is 24.8 Å². The van der Waals surface area contributed by atoms with E-state index in [2.05, 4.69) is 10.6 Å². The molecule has 2 N–H and O–H groups in total. The lowest BCUT2D eigenvalue weighted by molar-refractivity contribution is -0.115. The van der Waals surface area contributed by atoms with Crippen molar-refractivity contribution in [2.75, 3.05) is 31.0 Å². The van der Waals surface area contributed by atoms with Gasteiger partial charge in [0.2, 0.25) is 5.91 Å². The number of carbonyl (C=O) groups is 2. The first-order chi connectivity index (χ1) is 16.5. The predicted molar refractivity (Wildman–Crippen MR) is 133 cm³/mol. The molecule has 7 nitrogen and oxygen atoms in total. The van der Waals surface area contributed by atoms with Crippen molar-refractivity contribution in [2.24, 2.45) is 0 Å². The van der Waals surface area contributed by atoms with E-state index in [1.807, 2.05) is 37.3 Å². The molecule has 0 aromatic heterocycles. The Morgan fingerprint density at radius 3 is 2.44 bits per heavy atom. The highest BCUT2D eigenvalue weighted by Gasteiger charge is 2.17. The van der Waals surface area contributed by atoms with E-state index >= 15 is 0 Å². The fraction of sp³-hybridized carbons (Fsp3) is 0.231. The number of rotatable bonds is 7. The molecular formula is C26H26N2O5S. The number of thioether (sulfide) groups is 1. The zero-order chi connectivity index (χ0) is 23.9. The molecule has 0 bridgehead atoms. The van der Waals surface area contributed by atoms with Crippen LogP contribution in [-0.4, -0.2) is 37.4 Å². The lowest BCUT2D eigenvalue weighted by atomic mass is 10.2. The minimum absolute atomic E-state index is 0.136. The van der Waals surface area contributed by atoms with Crippen LogP contribution in [0.4, 0.5) is 11.4 Å². The van der Waals surface area contributed by atoms with Crippen LogP contribution in [-0.2, 0) is 4.79 Å². The molecule has 0 radical (unpaired) electrons. The fourth-order valence-corrected chi connectivity index (χ4v) is 4.26. The molecule has 0 saturated carbocycles. The summed E-state index contributed by atoms with van der Waals surface area (Å²) in [4.78, 5) is 26.2. The maximum Gasteiger partial charge on any atom is 0.255 e. The van der Waals surface area contributed by atoms with Crippen molar-refractivity contribution >= 4 is 35.0 Å². The van der Waals surface area contributed by atoms with Crippen molar-refractivity contribution in [3.8, 4) is 17.2 Å². The van der Waals surface area contributed by atoms with Gasteiger partial charge in [0.25, 0.3) is 5.91 Å². The van der Waals surface area contributed by atoms with Crippen LogP contribution in [0.1, 0.15) is 23.7 Å². The normalized spacial score (nSPS) is 13.4. The number of nitrogens with one attached hydrogen (secondary N) is 2. The smallest absolute Gasteiger partial charge is 0.255 e. The number of methoxy groups -OCH3 is 1. The molecule has 176 valence electrons. The number of hydrogen-bond donors (Lipinski definition) is 2. The molecule has 2 amide bonds. The lowest BCUT2D eigenvalue weighted by Gasteiger charge is -2.14. The van der Waals surface area contributed by atoms with Crippen molar-refractivity contribution in [1.82, 2.24) is 0 Å². The van der Waals surface area contributed by atoms with Crippen LogP contribution in [0.3, 0.4) is 0 Å². The number of carbonyl (C=O) groups excluding carboxylic acids is 2. The molecule has 1 aliphatic rings. The van der Waals surface area contributed by atoms with Crippen molar-refractivity contribution in [1.29, 1.82) is 0 Å². The molecule has 1 atom stereocenters. The van der Waals surface area contributed by atoms with Gasteiger partial charge in [-0.05, 0) is 61.5 Å². The summed E-state index contributed by atoms with van der Waals surface area (Å²) in [5, 5.41) is 5.40. The molecule has 8 heteroatoms. The Morgan fingerprint density at radius 2 is 1.68 bits per heavy atom. The van der Waals surface area contributed by atoms with E-state index in [4.69, 9.17) is 14.2 Å². The van der Waals surface area contributed by atoms with Gasteiger partial charge in [-0.3, -0.25) is 9.59 Å². The van der Waals surface area contributed by atoms with Crippen LogP contribution in [0.2, 0.25) is 0 Å². The standard InChI is InChI=1S/C26H26N2O5S/c1-17(34-20-12-13-23-24(16-20)33-15-5-14-32-23)25(29)27-19-10-8-18(9-11-19)26(30)28-21-6-3-4-7-22(21)31-2/h3-4,6-13,16-17H,5,14-15H2,1-2H3,(H,27,29)(H,28,30). The maximum absolute atomic E-state index is 12.7. The Bertz CT molecular complexity index is 1170. The van der Waals surface area contributed by atoms with Crippen molar-refractivity contribution in [3.05, 3.63) is 72.3 Å². The van der Waals surface area contributed by atoms with Crippen LogP contribution >= 0.6 is 11.8 Å². The van der Waals surface area contributed by atoms with Crippen molar-refractivity contribution < 1.29 is 23.8 Å². The predicted octanol–water partition coefficient (Wildman–Crippen LogP) is 5.23. The summed E-state index contributed by atoms with van der Waals surface area (Å²) in [5.41, 5.74) is 1.68. The summed E-state index contributed by atoms with van der Waals surface area (Å²) in [6.45, 7) is 3.10. The van der Waals surface area contributed by atoms with Crippen LogP contribution in [0.25, 0.3) is 0 Å². The average molecular weight is 479 g/mol. The van der Waals surface area contributed by atoms with E-state index < -0.39 is 0 Å². The highest BCUT2D eigenvalue weighted by atomic mass is 32.2. The molecular weight excluding hydrogens is 452 g/mol. The minimum Gasteiger partial charge on any atom is -0.495 e. The number of amides is 2. The number of benzene rings is 3. The Hall–Kier alpha value is -3.65. The van der Waals surface area contributed by atoms with E-state index in [1.165, 1.54) is 11.8 Å². The third-order valence-corrected chi connectivity index (χ3v) is 6.26. The number of para-hydroxylation sites is 2. The molecule has 3 aromatic rings. The molecule has 3 aromatic carbocycles. The van der Waals surface area contributed by atoms with Gasteiger partial charge in [0.1, 0.15) is 5.75 Å². The van der Waals surface area contributed by atoms with Gasteiger partial charge >= 0.3 is 0 Å². The zero-order valence-electron chi connectivity index (χ0n) is 19.0. The monoisotopic (exact) mass is 478 g/mol. The van der Waals surface area contributed by atoms with Gasteiger partial charge in [-0.25, -0.2) is 0 Å². The molecule has 4 rings (SSSR count). The molecule has 34 heavy (non-hydrogen) atoms. The summed E-state index contributed by atoms with van der Waals surface area (Å²) in [5.74, 6) is 1.62. The number of hydrogen-bond acceptors (Lipinski definition) is 6. The summed E-state index contributed by atoms with van der Waals surface area (Å²) in [7, 11) is 1.55. The molecule has 1 unspecified atom stereocenters. The first kappa shape index (κ1) is 23.5. The Morgan fingerprint density at radius 1 is 0.941 bits per heavy atom. The van der Waals surface area contributed by atoms with Gasteiger partial charge in [0.15, 0.2) is 11.5 Å². The van der Waals surface area contributed by atoms with Gasteiger partial charge in [-0.15, -0.1) is 11.8 Å². The van der Waals surface area contributed by atoms with Crippen LogP contribution < -0.4 is 24.8 Å². The molecule has 0 fully saturated rings. The summed E-state index contributed by atoms with van der Waals surface area (Å²) < 4.78 is 16.7. The Labute approximate surface area is 202 Å². The molecule has 0 spiro atoms. The Kier molecular flexibility index (Phi) is 7.59. The minimum atomic E-state index is -0.335. The molecule has 0 aliphatic carbocycles. The SMILES string of the molecule is COc1ccccc1NC(=O)c1ccc(NC(=O)C(C)Sc2ccc3c(c2)OCCCO3)cc1. The summed E-state index contributed by atoms with van der Waals surface area (Å²) >= 11 is 1.44. The first-order valence-corrected chi connectivity index (χ1v) is 11.8. The van der Waals surface area contributed by atoms with Gasteiger partial charge in [0.05, 0.1) is 31.3 Å². The Balaban J connectivity index is 1.34. The third-order valence-electron chi connectivity index (χ3n) is 5.17. The number of ether oxygens (including phenoxy) is 3.